The molecule has 2 rings (SSSR count). The second-order valence-corrected chi connectivity index (χ2v) is 7.03. The van der Waals surface area contributed by atoms with Crippen LogP contribution in [0, 0.1) is 11.8 Å². The lowest BCUT2D eigenvalue weighted by atomic mass is 9.92. The number of allylic oxidation sites excluding steroid dienone is 2. The van der Waals surface area contributed by atoms with E-state index in [-0.39, 0.29) is 30.6 Å². The normalized spacial score (nSPS) is 37.2. The molecule has 2 fully saturated rings. The topological polar surface area (TPSA) is 154 Å². The van der Waals surface area contributed by atoms with Gasteiger partial charge in [0.2, 0.25) is 0 Å². The number of Topliss-reactive ketones (excluding diaryl/α,β-unsaturated/α-hetero) is 1. The van der Waals surface area contributed by atoms with Gasteiger partial charge in [-0.2, -0.15) is 0 Å². The fourth-order valence-corrected chi connectivity index (χ4v) is 3.50. The summed E-state index contributed by atoms with van der Waals surface area (Å²) >= 11 is 0. The van der Waals surface area contributed by atoms with Gasteiger partial charge in [-0.15, -0.1) is 0 Å². The van der Waals surface area contributed by atoms with Crippen molar-refractivity contribution < 1.29 is 44.6 Å². The van der Waals surface area contributed by atoms with E-state index in [9.17, 15) is 24.9 Å². The molecule has 1 saturated carbocycles. The van der Waals surface area contributed by atoms with E-state index in [4.69, 9.17) is 19.7 Å². The molecular formula is C18H28O9. The van der Waals surface area contributed by atoms with Crippen LogP contribution >= 0.6 is 0 Å². The summed E-state index contributed by atoms with van der Waals surface area (Å²) in [6.07, 6.45) is -0.766. The van der Waals surface area contributed by atoms with Crippen molar-refractivity contribution in [3.05, 3.63) is 12.2 Å². The molecule has 0 spiro atoms. The SMILES string of the molecule is O=C(O)C[C@H]1CCC(=O)[C@@H]1/C=C\CCCO[C@H]1O[C@@H](CO)[C@H](O)[C@@H](O)[C@@H]1O. The quantitative estimate of drug-likeness (QED) is 0.252. The number of ketones is 1. The Balaban J connectivity index is 1.72. The predicted molar refractivity (Wildman–Crippen MR) is 91.6 cm³/mol. The number of unbranched alkanes of at least 4 members (excludes halogenated alkanes) is 1. The number of aliphatic carboxylic acids is 1. The van der Waals surface area contributed by atoms with E-state index in [1.807, 2.05) is 6.08 Å². The lowest BCUT2D eigenvalue weighted by Crippen LogP contribution is -2.59. The Morgan fingerprint density at radius 2 is 1.96 bits per heavy atom. The van der Waals surface area contributed by atoms with Crippen LogP contribution in [0.1, 0.15) is 32.1 Å². The van der Waals surface area contributed by atoms with Gasteiger partial charge in [0.25, 0.3) is 0 Å². The van der Waals surface area contributed by atoms with Gasteiger partial charge in [-0.25, -0.2) is 0 Å². The minimum atomic E-state index is -1.47. The highest BCUT2D eigenvalue weighted by Gasteiger charge is 2.43. The van der Waals surface area contributed by atoms with E-state index in [0.717, 1.165) is 0 Å². The smallest absolute Gasteiger partial charge is 0.303 e. The Bertz CT molecular complexity index is 533. The molecule has 2 aliphatic rings. The number of carbonyl (C=O) groups excluding carboxylic acids is 1. The highest BCUT2D eigenvalue weighted by molar-refractivity contribution is 5.85. The third-order valence-electron chi connectivity index (χ3n) is 5.07. The molecule has 9 nitrogen and oxygen atoms in total. The Kier molecular flexibility index (Phi) is 8.33. The zero-order valence-electron chi connectivity index (χ0n) is 15.0. The van der Waals surface area contributed by atoms with Crippen molar-refractivity contribution in [2.24, 2.45) is 11.8 Å². The number of carboxylic acid groups (broad SMARTS) is 1. The van der Waals surface area contributed by atoms with Crippen LogP contribution in [-0.4, -0.2) is 81.2 Å². The number of aliphatic hydroxyl groups is 4. The lowest BCUT2D eigenvalue weighted by molar-refractivity contribution is -0.301. The average molecular weight is 388 g/mol. The molecule has 7 atom stereocenters. The molecule has 0 bridgehead atoms. The Hall–Kier alpha value is -1.36. The van der Waals surface area contributed by atoms with E-state index in [2.05, 4.69) is 0 Å². The standard InChI is InChI=1S/C18H28O9/c19-9-13-15(23)16(24)17(25)18(27-13)26-7-3-1-2-4-11-10(8-14(21)22)5-6-12(11)20/h2,4,10-11,13,15-19,23-25H,1,3,5-9H2,(H,21,22)/b4-2-/t10-,11-,13+,15+,16-,17+,18+/m1/s1. The largest absolute Gasteiger partial charge is 0.481 e. The Morgan fingerprint density at radius 1 is 1.22 bits per heavy atom. The molecule has 1 aliphatic heterocycles. The van der Waals surface area contributed by atoms with Crippen molar-refractivity contribution in [1.29, 1.82) is 0 Å². The van der Waals surface area contributed by atoms with E-state index in [0.29, 0.717) is 25.7 Å². The van der Waals surface area contributed by atoms with Gasteiger partial charge in [0, 0.05) is 18.8 Å². The minimum Gasteiger partial charge on any atom is -0.481 e. The van der Waals surface area contributed by atoms with Crippen LogP contribution < -0.4 is 0 Å². The summed E-state index contributed by atoms with van der Waals surface area (Å²) in [4.78, 5) is 22.7. The van der Waals surface area contributed by atoms with Crippen molar-refractivity contribution in [1.82, 2.24) is 0 Å². The summed E-state index contributed by atoms with van der Waals surface area (Å²) in [5.74, 6) is -1.35. The summed E-state index contributed by atoms with van der Waals surface area (Å²) in [7, 11) is 0. The molecular weight excluding hydrogens is 360 g/mol. The second-order valence-electron chi connectivity index (χ2n) is 7.03. The van der Waals surface area contributed by atoms with Crippen LogP contribution in [0.5, 0.6) is 0 Å². The van der Waals surface area contributed by atoms with E-state index >= 15 is 0 Å². The molecule has 0 aromatic rings. The van der Waals surface area contributed by atoms with Crippen molar-refractivity contribution >= 4 is 11.8 Å². The zero-order valence-corrected chi connectivity index (χ0v) is 15.0. The number of hydrogen-bond donors (Lipinski definition) is 5. The maximum absolute atomic E-state index is 11.9. The third-order valence-corrected chi connectivity index (χ3v) is 5.07. The first-order valence-electron chi connectivity index (χ1n) is 9.18. The molecule has 9 heteroatoms. The van der Waals surface area contributed by atoms with Crippen molar-refractivity contribution in [2.45, 2.75) is 62.8 Å². The Morgan fingerprint density at radius 3 is 2.63 bits per heavy atom. The molecule has 1 heterocycles. The molecule has 0 amide bonds. The van der Waals surface area contributed by atoms with Gasteiger partial charge in [-0.3, -0.25) is 9.59 Å². The summed E-state index contributed by atoms with van der Waals surface area (Å²) in [5.41, 5.74) is 0. The van der Waals surface area contributed by atoms with Crippen LogP contribution in [0.2, 0.25) is 0 Å². The minimum absolute atomic E-state index is 0.0129. The summed E-state index contributed by atoms with van der Waals surface area (Å²) < 4.78 is 10.6. The molecule has 5 N–H and O–H groups in total. The summed E-state index contributed by atoms with van der Waals surface area (Å²) in [5, 5.41) is 47.3. The third kappa shape index (κ3) is 5.81. The Labute approximate surface area is 157 Å². The first kappa shape index (κ1) is 21.9. The number of carbonyl (C=O) groups is 2. The van der Waals surface area contributed by atoms with Gasteiger partial charge >= 0.3 is 5.97 Å². The number of hydrogen-bond acceptors (Lipinski definition) is 8. The van der Waals surface area contributed by atoms with Gasteiger partial charge in [0.1, 0.15) is 30.2 Å². The number of carboxylic acids is 1. The van der Waals surface area contributed by atoms with Gasteiger partial charge in [-0.1, -0.05) is 12.2 Å². The summed E-state index contributed by atoms with van der Waals surface area (Å²) in [6, 6.07) is 0. The molecule has 1 aliphatic carbocycles. The average Bonchev–Trinajstić information content (AvgIpc) is 2.96. The fraction of sp³-hybridized carbons (Fsp3) is 0.778. The maximum Gasteiger partial charge on any atom is 0.303 e. The first-order valence-corrected chi connectivity index (χ1v) is 9.18. The molecule has 27 heavy (non-hydrogen) atoms. The molecule has 0 unspecified atom stereocenters. The fourth-order valence-electron chi connectivity index (χ4n) is 3.50. The lowest BCUT2D eigenvalue weighted by Gasteiger charge is -2.39. The van der Waals surface area contributed by atoms with Crippen LogP contribution in [0.3, 0.4) is 0 Å². The molecule has 0 aromatic heterocycles. The van der Waals surface area contributed by atoms with Crippen LogP contribution in [0.25, 0.3) is 0 Å². The number of rotatable bonds is 9. The second kappa shape index (κ2) is 10.3. The summed E-state index contributed by atoms with van der Waals surface area (Å²) in [6.45, 7) is -0.315. The van der Waals surface area contributed by atoms with Gasteiger partial charge in [-0.05, 0) is 25.2 Å². The van der Waals surface area contributed by atoms with Gasteiger partial charge < -0.3 is 35.0 Å². The van der Waals surface area contributed by atoms with Crippen LogP contribution in [0.15, 0.2) is 12.2 Å². The van der Waals surface area contributed by atoms with E-state index in [1.165, 1.54) is 0 Å². The highest BCUT2D eigenvalue weighted by atomic mass is 16.7. The first-order chi connectivity index (χ1) is 12.8. The van der Waals surface area contributed by atoms with Crippen molar-refractivity contribution in [3.63, 3.8) is 0 Å². The van der Waals surface area contributed by atoms with Crippen LogP contribution in [0.4, 0.5) is 0 Å². The van der Waals surface area contributed by atoms with E-state index < -0.39 is 43.3 Å². The monoisotopic (exact) mass is 388 g/mol. The molecule has 0 radical (unpaired) electrons. The van der Waals surface area contributed by atoms with Crippen LogP contribution in [-0.2, 0) is 19.1 Å². The van der Waals surface area contributed by atoms with Gasteiger partial charge in [0.05, 0.1) is 13.2 Å². The predicted octanol–water partition coefficient (Wildman–Crippen LogP) is -0.791. The molecule has 1 saturated heterocycles. The molecule has 154 valence electrons. The number of aliphatic hydroxyl groups excluding tert-OH is 4. The van der Waals surface area contributed by atoms with E-state index in [1.54, 1.807) is 6.08 Å². The highest BCUT2D eigenvalue weighted by Crippen LogP contribution is 2.32. The van der Waals surface area contributed by atoms with Gasteiger partial charge in [0.15, 0.2) is 6.29 Å². The molecule has 0 aromatic carbocycles. The van der Waals surface area contributed by atoms with Crippen molar-refractivity contribution in [2.75, 3.05) is 13.2 Å². The van der Waals surface area contributed by atoms with Crippen molar-refractivity contribution in [3.8, 4) is 0 Å². The zero-order chi connectivity index (χ0) is 20.0. The maximum atomic E-state index is 11.9. The number of ether oxygens (including phenoxy) is 2.